The topological polar surface area (TPSA) is 335 Å². The second-order valence-electron chi connectivity index (χ2n) is 16.1. The maximum absolute atomic E-state index is 13.9. The molecule has 368 valence electrons. The predicted octanol–water partition coefficient (Wildman–Crippen LogP) is 0.453. The Morgan fingerprint density at radius 1 is 0.768 bits per heavy atom. The molecule has 1 fully saturated rings. The van der Waals surface area contributed by atoms with Gasteiger partial charge in [-0.25, -0.2) is 0 Å². The van der Waals surface area contributed by atoms with Crippen molar-refractivity contribution in [2.24, 2.45) is 27.2 Å². The first-order valence-corrected chi connectivity index (χ1v) is 22.2. The first kappa shape index (κ1) is 49.7. The number of fused-ring (bicyclic) bond motifs is 2. The van der Waals surface area contributed by atoms with Crippen molar-refractivity contribution in [1.82, 2.24) is 38.7 Å². The molecule has 2 aromatic carbocycles. The van der Waals surface area contributed by atoms with Gasteiger partial charge in [0.1, 0.15) is 58.3 Å². The SMILES string of the molecule is CCn1nc(C)cc1C(=O)/N=c1/[nH]c2cc(C(N)=O)cc(OC)c2n1C/C=C/Cn1/c(=N/C(=O)c2cc(C)nn2CC)[nH]c2cc(C(N)=O)cc(OCCCO[C@H]3[C@@H](OC)O[C@H](CN)[C@@H](O)[C@@H]3O)c21. The van der Waals surface area contributed by atoms with Crippen LogP contribution in [0.4, 0.5) is 0 Å². The van der Waals surface area contributed by atoms with Gasteiger partial charge in [-0.05, 0) is 64.1 Å². The zero-order chi connectivity index (χ0) is 49.7. The largest absolute Gasteiger partial charge is 0.494 e. The van der Waals surface area contributed by atoms with E-state index in [1.165, 1.54) is 32.4 Å². The maximum atomic E-state index is 13.9. The lowest BCUT2D eigenvalue weighted by molar-refractivity contribution is -0.297. The van der Waals surface area contributed by atoms with Crippen molar-refractivity contribution in [2.45, 2.75) is 91.0 Å². The Labute approximate surface area is 393 Å². The predicted molar refractivity (Wildman–Crippen MR) is 247 cm³/mol. The highest BCUT2D eigenvalue weighted by atomic mass is 16.7. The van der Waals surface area contributed by atoms with Gasteiger partial charge >= 0.3 is 0 Å². The molecule has 4 aromatic heterocycles. The van der Waals surface area contributed by atoms with Crippen LogP contribution in [0.2, 0.25) is 0 Å². The molecule has 5 heterocycles. The van der Waals surface area contributed by atoms with Gasteiger partial charge in [0.05, 0.1) is 42.7 Å². The molecule has 1 saturated heterocycles. The monoisotopic (exact) mass is 955 g/mol. The highest BCUT2D eigenvalue weighted by Gasteiger charge is 2.45. The van der Waals surface area contributed by atoms with E-state index in [0.29, 0.717) is 52.3 Å². The molecule has 6 aromatic rings. The van der Waals surface area contributed by atoms with Crippen LogP contribution in [0.1, 0.15) is 73.3 Å². The molecule has 1 aliphatic rings. The molecule has 0 saturated carbocycles. The smallest absolute Gasteiger partial charge is 0.298 e. The number of aliphatic hydroxyl groups excluding tert-OH is 2. The van der Waals surface area contributed by atoms with E-state index in [2.05, 4.69) is 30.2 Å². The van der Waals surface area contributed by atoms with E-state index >= 15 is 0 Å². The van der Waals surface area contributed by atoms with Crippen LogP contribution in [0, 0.1) is 13.8 Å². The van der Waals surface area contributed by atoms with Crippen LogP contribution >= 0.6 is 0 Å². The number of primary amides is 2. The van der Waals surface area contributed by atoms with Gasteiger partial charge < -0.3 is 70.2 Å². The summed E-state index contributed by atoms with van der Waals surface area (Å²) in [5, 5.41) is 30.0. The summed E-state index contributed by atoms with van der Waals surface area (Å²) in [5.41, 5.74) is 21.2. The number of amides is 4. The van der Waals surface area contributed by atoms with Crippen LogP contribution in [0.3, 0.4) is 0 Å². The number of carbonyl (C=O) groups is 4. The number of nitrogens with zero attached hydrogens (tertiary/aromatic N) is 8. The summed E-state index contributed by atoms with van der Waals surface area (Å²) in [6.45, 7) is 8.34. The third-order valence-electron chi connectivity index (χ3n) is 11.4. The Kier molecular flexibility index (Phi) is 15.4. The summed E-state index contributed by atoms with van der Waals surface area (Å²) >= 11 is 0. The summed E-state index contributed by atoms with van der Waals surface area (Å²) in [6, 6.07) is 9.33. The van der Waals surface area contributed by atoms with Crippen LogP contribution in [0.25, 0.3) is 22.1 Å². The number of imidazole rings is 2. The number of hydrogen-bond donors (Lipinski definition) is 7. The second-order valence-corrected chi connectivity index (χ2v) is 16.1. The number of H-pyrrole nitrogens is 2. The molecular weight excluding hydrogens is 899 g/mol. The number of nitrogens with two attached hydrogens (primary N) is 3. The molecule has 0 unspecified atom stereocenters. The summed E-state index contributed by atoms with van der Waals surface area (Å²) in [4.78, 5) is 67.7. The third kappa shape index (κ3) is 10.4. The van der Waals surface area contributed by atoms with E-state index in [0.717, 1.165) is 0 Å². The standard InChI is InChI=1S/C45H57N13O11/c1-7-57-29(16-23(3)53-57)41(63)51-44-49-27-18-25(39(47)61)20-31(65-5)34(27)55(44)12-9-10-13-56-35-28(50-45(56)52-42(64)30-17-24(4)54-58(30)8-2)19-26(40(48)62)21-32(35)67-14-11-15-68-38-37(60)36(59)33(22-46)69-43(38)66-6/h9-10,16-21,33,36-38,43,59-60H,7-8,11-15,22,46H2,1-6H3,(H2,47,61)(H2,48,62)(H,49,51,63)(H,50,52,64)/b10-9+/t33-,36-,37+,38-,43+/m1/s1. The van der Waals surface area contributed by atoms with Crippen LogP contribution in [-0.4, -0.2) is 137 Å². The van der Waals surface area contributed by atoms with Crippen molar-refractivity contribution in [2.75, 3.05) is 34.0 Å². The minimum Gasteiger partial charge on any atom is -0.494 e. The maximum Gasteiger partial charge on any atom is 0.298 e. The van der Waals surface area contributed by atoms with Gasteiger partial charge in [0.2, 0.25) is 23.1 Å². The fourth-order valence-corrected chi connectivity index (χ4v) is 8.14. The summed E-state index contributed by atoms with van der Waals surface area (Å²) in [7, 11) is 2.83. The Morgan fingerprint density at radius 3 is 1.74 bits per heavy atom. The van der Waals surface area contributed by atoms with Crippen LogP contribution in [0.5, 0.6) is 11.5 Å². The van der Waals surface area contributed by atoms with E-state index in [1.807, 2.05) is 13.8 Å². The van der Waals surface area contributed by atoms with E-state index in [1.54, 1.807) is 62.7 Å². The highest BCUT2D eigenvalue weighted by Crippen LogP contribution is 2.29. The molecule has 4 amide bonds. The highest BCUT2D eigenvalue weighted by molar-refractivity contribution is 5.99. The fraction of sp³-hybridized carbons (Fsp3) is 0.422. The van der Waals surface area contributed by atoms with Crippen LogP contribution in [-0.2, 0) is 40.4 Å². The lowest BCUT2D eigenvalue weighted by Gasteiger charge is -2.41. The minimum absolute atomic E-state index is 0.0358. The van der Waals surface area contributed by atoms with Crippen molar-refractivity contribution in [1.29, 1.82) is 0 Å². The van der Waals surface area contributed by atoms with Crippen molar-refractivity contribution in [3.8, 4) is 11.5 Å². The van der Waals surface area contributed by atoms with Gasteiger partial charge in [0.15, 0.2) is 6.29 Å². The molecule has 69 heavy (non-hydrogen) atoms. The van der Waals surface area contributed by atoms with Crippen molar-refractivity contribution < 1.29 is 53.1 Å². The van der Waals surface area contributed by atoms with Gasteiger partial charge in [-0.3, -0.25) is 28.5 Å². The zero-order valence-corrected chi connectivity index (χ0v) is 39.0. The van der Waals surface area contributed by atoms with E-state index < -0.39 is 54.3 Å². The number of aromatic amines is 2. The molecule has 5 atom stereocenters. The van der Waals surface area contributed by atoms with Crippen molar-refractivity contribution in [3.63, 3.8) is 0 Å². The number of benzene rings is 2. The van der Waals surface area contributed by atoms with Gasteiger partial charge in [-0.15, -0.1) is 0 Å². The van der Waals surface area contributed by atoms with E-state index in [-0.39, 0.29) is 78.8 Å². The van der Waals surface area contributed by atoms with Gasteiger partial charge in [-0.2, -0.15) is 20.2 Å². The van der Waals surface area contributed by atoms with Crippen molar-refractivity contribution in [3.05, 3.63) is 93.7 Å². The number of allylic oxidation sites excluding steroid dienone is 2. The molecule has 0 bridgehead atoms. The first-order chi connectivity index (χ1) is 33.1. The molecule has 1 aliphatic heterocycles. The summed E-state index contributed by atoms with van der Waals surface area (Å²) in [5.74, 6) is -2.07. The molecule has 0 radical (unpaired) electrons. The molecule has 0 spiro atoms. The number of methoxy groups -OCH3 is 2. The Morgan fingerprint density at radius 2 is 1.28 bits per heavy atom. The fourth-order valence-electron chi connectivity index (χ4n) is 8.14. The number of rotatable bonds is 19. The lowest BCUT2D eigenvalue weighted by atomic mass is 9.99. The molecule has 24 nitrogen and oxygen atoms in total. The molecule has 7 rings (SSSR count). The van der Waals surface area contributed by atoms with E-state index in [4.69, 9.17) is 40.9 Å². The second kappa shape index (κ2) is 21.4. The summed E-state index contributed by atoms with van der Waals surface area (Å²) < 4.78 is 35.4. The molecular formula is C45H57N13O11. The Balaban J connectivity index is 1.26. The van der Waals surface area contributed by atoms with E-state index in [9.17, 15) is 29.4 Å². The number of nitrogens with one attached hydrogen (secondary N) is 2. The Hall–Kier alpha value is -7.22. The Bertz CT molecular complexity index is 3060. The number of ether oxygens (including phenoxy) is 5. The van der Waals surface area contributed by atoms with Gasteiger partial charge in [-0.1, -0.05) is 12.2 Å². The molecule has 0 aliphatic carbocycles. The lowest BCUT2D eigenvalue weighted by Crippen LogP contribution is -2.60. The number of aromatic nitrogens is 8. The average molecular weight is 956 g/mol. The van der Waals surface area contributed by atoms with Crippen molar-refractivity contribution >= 4 is 45.7 Å². The average Bonchev–Trinajstić information content (AvgIpc) is 4.10. The minimum atomic E-state index is -1.34. The summed E-state index contributed by atoms with van der Waals surface area (Å²) in [6.07, 6.45) is -1.63. The third-order valence-corrected chi connectivity index (χ3v) is 11.4. The first-order valence-electron chi connectivity index (χ1n) is 22.2. The van der Waals surface area contributed by atoms with Gasteiger partial charge in [0, 0.05) is 57.4 Å². The quantitative estimate of drug-likeness (QED) is 0.0429. The zero-order valence-electron chi connectivity index (χ0n) is 39.0. The number of hydrogen-bond acceptors (Lipinski definition) is 14. The number of carbonyl (C=O) groups excluding carboxylic acids is 4. The number of aryl methyl sites for hydroxylation is 4. The van der Waals surface area contributed by atoms with Crippen LogP contribution in [0.15, 0.2) is 58.5 Å². The molecule has 24 heteroatoms. The normalized spacial score (nSPS) is 19.1. The van der Waals surface area contributed by atoms with Crippen LogP contribution < -0.4 is 37.9 Å². The number of aliphatic hydroxyl groups is 2. The van der Waals surface area contributed by atoms with Gasteiger partial charge in [0.25, 0.3) is 11.8 Å². The molecule has 10 N–H and O–H groups in total.